The molecule has 0 saturated heterocycles. The van der Waals surface area contributed by atoms with Gasteiger partial charge in [0.05, 0.1) is 6.21 Å². The molecule has 5 nitrogen and oxygen atoms in total. The average molecular weight is 430 g/mol. The van der Waals surface area contributed by atoms with Gasteiger partial charge in [0.2, 0.25) is 0 Å². The van der Waals surface area contributed by atoms with Crippen LogP contribution in [-0.2, 0) is 0 Å². The standard InChI is InChI=1S/C22H16BrN5/c23-19-13-7-8-16(14-19)15-24-27-22-25-20(17-9-3-1-4-10-17)21(26-28-22)18-11-5-2-6-12-18/h1-15H,(H,25,27,28)/b24-15+. The average Bonchev–Trinajstić information content (AvgIpc) is 2.75. The van der Waals surface area contributed by atoms with Crippen LogP contribution in [0, 0.1) is 0 Å². The Hall–Kier alpha value is -3.38. The van der Waals surface area contributed by atoms with Crippen LogP contribution < -0.4 is 5.43 Å². The third-order valence-corrected chi connectivity index (χ3v) is 4.50. The Morgan fingerprint density at radius 1 is 0.750 bits per heavy atom. The molecule has 4 rings (SSSR count). The van der Waals surface area contributed by atoms with Gasteiger partial charge in [-0.25, -0.2) is 10.4 Å². The number of rotatable bonds is 5. The lowest BCUT2D eigenvalue weighted by molar-refractivity contribution is 0.973. The number of anilines is 1. The molecule has 0 aliphatic rings. The van der Waals surface area contributed by atoms with Crippen molar-refractivity contribution in [3.05, 3.63) is 95.0 Å². The van der Waals surface area contributed by atoms with Gasteiger partial charge in [-0.1, -0.05) is 88.7 Å². The van der Waals surface area contributed by atoms with Gasteiger partial charge in [0.25, 0.3) is 5.95 Å². The maximum Gasteiger partial charge on any atom is 0.263 e. The van der Waals surface area contributed by atoms with Crippen molar-refractivity contribution in [3.63, 3.8) is 0 Å². The van der Waals surface area contributed by atoms with Crippen LogP contribution in [0.3, 0.4) is 0 Å². The number of nitrogens with zero attached hydrogens (tertiary/aromatic N) is 4. The Kier molecular flexibility index (Phi) is 5.49. The fraction of sp³-hybridized carbons (Fsp3) is 0. The number of halogens is 1. The van der Waals surface area contributed by atoms with Crippen molar-refractivity contribution in [2.45, 2.75) is 0 Å². The van der Waals surface area contributed by atoms with E-state index in [9.17, 15) is 0 Å². The fourth-order valence-electron chi connectivity index (χ4n) is 2.71. The van der Waals surface area contributed by atoms with Gasteiger partial charge >= 0.3 is 0 Å². The Morgan fingerprint density at radius 2 is 1.43 bits per heavy atom. The normalized spacial score (nSPS) is 10.9. The third-order valence-electron chi connectivity index (χ3n) is 4.01. The molecular weight excluding hydrogens is 414 g/mol. The van der Waals surface area contributed by atoms with E-state index in [2.05, 4.69) is 41.6 Å². The van der Waals surface area contributed by atoms with E-state index in [-0.39, 0.29) is 0 Å². The molecule has 1 aromatic heterocycles. The molecular formula is C22H16BrN5. The van der Waals surface area contributed by atoms with Crippen LogP contribution in [0.5, 0.6) is 0 Å². The zero-order chi connectivity index (χ0) is 19.2. The van der Waals surface area contributed by atoms with E-state index >= 15 is 0 Å². The maximum atomic E-state index is 4.66. The van der Waals surface area contributed by atoms with Crippen LogP contribution in [0.15, 0.2) is 94.5 Å². The molecule has 0 atom stereocenters. The smallest absolute Gasteiger partial charge is 0.244 e. The Bertz CT molecular complexity index is 1100. The van der Waals surface area contributed by atoms with Gasteiger partial charge in [-0.15, -0.1) is 10.2 Å². The second-order valence-electron chi connectivity index (χ2n) is 5.99. The molecule has 0 radical (unpaired) electrons. The summed E-state index contributed by atoms with van der Waals surface area (Å²) in [6, 6.07) is 27.7. The Balaban J connectivity index is 1.66. The van der Waals surface area contributed by atoms with Crippen molar-refractivity contribution in [2.75, 3.05) is 5.43 Å². The highest BCUT2D eigenvalue weighted by Crippen LogP contribution is 2.28. The minimum atomic E-state index is 0.338. The van der Waals surface area contributed by atoms with Crippen LogP contribution in [0.4, 0.5) is 5.95 Å². The third kappa shape index (κ3) is 4.29. The van der Waals surface area contributed by atoms with Crippen LogP contribution in [0.1, 0.15) is 5.56 Å². The molecule has 0 aliphatic heterocycles. The van der Waals surface area contributed by atoms with E-state index in [4.69, 9.17) is 0 Å². The van der Waals surface area contributed by atoms with E-state index in [0.717, 1.165) is 32.6 Å². The summed E-state index contributed by atoms with van der Waals surface area (Å²) < 4.78 is 0.993. The molecule has 0 amide bonds. The maximum absolute atomic E-state index is 4.66. The molecule has 4 aromatic rings. The summed E-state index contributed by atoms with van der Waals surface area (Å²) >= 11 is 3.45. The van der Waals surface area contributed by atoms with Crippen LogP contribution in [-0.4, -0.2) is 21.4 Å². The Labute approximate surface area is 171 Å². The summed E-state index contributed by atoms with van der Waals surface area (Å²) in [5.41, 5.74) is 7.24. The second-order valence-corrected chi connectivity index (χ2v) is 6.91. The summed E-state index contributed by atoms with van der Waals surface area (Å²) in [7, 11) is 0. The van der Waals surface area contributed by atoms with E-state index in [1.165, 1.54) is 0 Å². The number of nitrogens with one attached hydrogen (secondary N) is 1. The molecule has 1 N–H and O–H groups in total. The number of hydrogen-bond donors (Lipinski definition) is 1. The lowest BCUT2D eigenvalue weighted by Gasteiger charge is -2.09. The molecule has 136 valence electrons. The minimum absolute atomic E-state index is 0.338. The van der Waals surface area contributed by atoms with Gasteiger partial charge < -0.3 is 0 Å². The summed E-state index contributed by atoms with van der Waals surface area (Å²) in [6.45, 7) is 0. The quantitative estimate of drug-likeness (QED) is 0.340. The van der Waals surface area contributed by atoms with Gasteiger partial charge in [-0.05, 0) is 17.7 Å². The molecule has 3 aromatic carbocycles. The van der Waals surface area contributed by atoms with Crippen molar-refractivity contribution in [3.8, 4) is 22.5 Å². The van der Waals surface area contributed by atoms with Crippen LogP contribution >= 0.6 is 15.9 Å². The number of benzene rings is 3. The zero-order valence-electron chi connectivity index (χ0n) is 14.8. The van der Waals surface area contributed by atoms with Gasteiger partial charge in [0.1, 0.15) is 11.4 Å². The van der Waals surface area contributed by atoms with E-state index in [1.54, 1.807) is 6.21 Å². The number of hydrogen-bond acceptors (Lipinski definition) is 5. The number of aromatic nitrogens is 3. The highest BCUT2D eigenvalue weighted by molar-refractivity contribution is 9.10. The largest absolute Gasteiger partial charge is 0.263 e. The van der Waals surface area contributed by atoms with Gasteiger partial charge in [-0.3, -0.25) is 0 Å². The first-order valence-corrected chi connectivity index (χ1v) is 9.49. The van der Waals surface area contributed by atoms with Crippen molar-refractivity contribution < 1.29 is 0 Å². The molecule has 28 heavy (non-hydrogen) atoms. The van der Waals surface area contributed by atoms with Crippen molar-refractivity contribution in [1.82, 2.24) is 15.2 Å². The summed E-state index contributed by atoms with van der Waals surface area (Å²) in [6.07, 6.45) is 1.71. The van der Waals surface area contributed by atoms with Gasteiger partial charge in [-0.2, -0.15) is 5.10 Å². The Morgan fingerprint density at radius 3 is 2.11 bits per heavy atom. The molecule has 0 unspecified atom stereocenters. The van der Waals surface area contributed by atoms with Gasteiger partial charge in [0.15, 0.2) is 0 Å². The first-order valence-electron chi connectivity index (χ1n) is 8.70. The second kappa shape index (κ2) is 8.54. The summed E-state index contributed by atoms with van der Waals surface area (Å²) in [5, 5.41) is 12.8. The monoisotopic (exact) mass is 429 g/mol. The lowest BCUT2D eigenvalue weighted by Crippen LogP contribution is -2.03. The van der Waals surface area contributed by atoms with E-state index in [1.807, 2.05) is 84.9 Å². The molecule has 0 saturated carbocycles. The van der Waals surface area contributed by atoms with Crippen molar-refractivity contribution in [1.29, 1.82) is 0 Å². The van der Waals surface area contributed by atoms with Crippen LogP contribution in [0.2, 0.25) is 0 Å². The van der Waals surface area contributed by atoms with Gasteiger partial charge in [0, 0.05) is 15.6 Å². The predicted octanol–water partition coefficient (Wildman–Crippen LogP) is 5.41. The fourth-order valence-corrected chi connectivity index (χ4v) is 3.13. The zero-order valence-corrected chi connectivity index (χ0v) is 16.4. The first-order chi connectivity index (χ1) is 13.8. The molecule has 0 aliphatic carbocycles. The van der Waals surface area contributed by atoms with Crippen molar-refractivity contribution >= 4 is 28.1 Å². The number of hydrazone groups is 1. The summed E-state index contributed by atoms with van der Waals surface area (Å²) in [5.74, 6) is 0.338. The molecule has 1 heterocycles. The SMILES string of the molecule is Brc1cccc(/C=N/Nc2nnc(-c3ccccc3)c(-c3ccccc3)n2)c1. The van der Waals surface area contributed by atoms with Crippen LogP contribution in [0.25, 0.3) is 22.5 Å². The molecule has 6 heteroatoms. The predicted molar refractivity (Wildman–Crippen MR) is 116 cm³/mol. The highest BCUT2D eigenvalue weighted by atomic mass is 79.9. The molecule has 0 spiro atoms. The molecule has 0 bridgehead atoms. The van der Waals surface area contributed by atoms with Crippen molar-refractivity contribution in [2.24, 2.45) is 5.10 Å². The topological polar surface area (TPSA) is 63.1 Å². The minimum Gasteiger partial charge on any atom is -0.244 e. The highest BCUT2D eigenvalue weighted by Gasteiger charge is 2.13. The van der Waals surface area contributed by atoms with E-state index in [0.29, 0.717) is 5.95 Å². The summed E-state index contributed by atoms with van der Waals surface area (Å²) in [4.78, 5) is 4.66. The first kappa shape index (κ1) is 18.0. The lowest BCUT2D eigenvalue weighted by atomic mass is 10.0. The van der Waals surface area contributed by atoms with E-state index < -0.39 is 0 Å². The molecule has 0 fully saturated rings.